The van der Waals surface area contributed by atoms with E-state index in [4.69, 9.17) is 0 Å². The van der Waals surface area contributed by atoms with E-state index in [1.54, 1.807) is 11.3 Å². The maximum absolute atomic E-state index is 11.1. The number of thiophene rings is 1. The third kappa shape index (κ3) is 2.71. The maximum atomic E-state index is 11.1. The van der Waals surface area contributed by atoms with Gasteiger partial charge in [-0.05, 0) is 31.4 Å². The summed E-state index contributed by atoms with van der Waals surface area (Å²) in [5.74, 6) is 0.296. The van der Waals surface area contributed by atoms with E-state index in [1.807, 2.05) is 0 Å². The van der Waals surface area contributed by atoms with Crippen molar-refractivity contribution in [3.05, 3.63) is 21.9 Å². The van der Waals surface area contributed by atoms with E-state index in [0.717, 1.165) is 6.42 Å². The second-order valence-electron chi connectivity index (χ2n) is 4.66. The van der Waals surface area contributed by atoms with Crippen LogP contribution in [-0.4, -0.2) is 16.5 Å². The Labute approximate surface area is 100 Å². The van der Waals surface area contributed by atoms with Crippen molar-refractivity contribution in [3.8, 4) is 0 Å². The van der Waals surface area contributed by atoms with Crippen molar-refractivity contribution in [2.75, 3.05) is 0 Å². The molecule has 0 amide bonds. The number of aliphatic hydroxyl groups is 1. The summed E-state index contributed by atoms with van der Waals surface area (Å²) >= 11 is 1.78. The Kier molecular flexibility index (Phi) is 3.45. The van der Waals surface area contributed by atoms with Gasteiger partial charge in [-0.3, -0.25) is 4.79 Å². The minimum Gasteiger partial charge on any atom is -0.389 e. The maximum Gasteiger partial charge on any atom is 0.133 e. The number of ketones is 1. The third-order valence-corrected chi connectivity index (χ3v) is 4.54. The van der Waals surface area contributed by atoms with Crippen LogP contribution in [0.25, 0.3) is 0 Å². The minimum absolute atomic E-state index is 0.296. The van der Waals surface area contributed by atoms with Gasteiger partial charge in [-0.2, -0.15) is 0 Å². The molecule has 1 aromatic heterocycles. The number of aryl methyl sites for hydroxylation is 1. The van der Waals surface area contributed by atoms with Crippen molar-refractivity contribution in [3.63, 3.8) is 0 Å². The molecule has 1 aliphatic rings. The smallest absolute Gasteiger partial charge is 0.133 e. The molecular formula is C13H18O2S. The van der Waals surface area contributed by atoms with Crippen molar-refractivity contribution in [1.82, 2.24) is 0 Å². The first-order valence-corrected chi connectivity index (χ1v) is 6.75. The van der Waals surface area contributed by atoms with Gasteiger partial charge in [-0.25, -0.2) is 0 Å². The molecule has 0 spiro atoms. The van der Waals surface area contributed by atoms with Gasteiger partial charge in [0.15, 0.2) is 0 Å². The van der Waals surface area contributed by atoms with Crippen LogP contribution >= 0.6 is 11.3 Å². The van der Waals surface area contributed by atoms with E-state index < -0.39 is 5.60 Å². The Morgan fingerprint density at radius 1 is 1.31 bits per heavy atom. The molecule has 0 aliphatic heterocycles. The van der Waals surface area contributed by atoms with Gasteiger partial charge in [0.2, 0.25) is 0 Å². The van der Waals surface area contributed by atoms with Crippen molar-refractivity contribution < 1.29 is 9.90 Å². The van der Waals surface area contributed by atoms with E-state index >= 15 is 0 Å². The van der Waals surface area contributed by atoms with Crippen LogP contribution in [0.4, 0.5) is 0 Å². The highest BCUT2D eigenvalue weighted by molar-refractivity contribution is 7.12. The zero-order valence-electron chi connectivity index (χ0n) is 9.66. The molecule has 16 heavy (non-hydrogen) atoms. The first-order valence-electron chi connectivity index (χ1n) is 5.93. The number of rotatable bonds is 3. The summed E-state index contributed by atoms with van der Waals surface area (Å²) in [5, 5.41) is 10.4. The van der Waals surface area contributed by atoms with Crippen LogP contribution in [-0.2, 0) is 17.6 Å². The first kappa shape index (κ1) is 11.8. The normalized spacial score (nSPS) is 20.0. The largest absolute Gasteiger partial charge is 0.389 e. The van der Waals surface area contributed by atoms with Gasteiger partial charge in [-0.15, -0.1) is 11.3 Å². The summed E-state index contributed by atoms with van der Waals surface area (Å²) in [7, 11) is 0. The number of hydrogen-bond donors (Lipinski definition) is 1. The molecule has 0 radical (unpaired) electrons. The lowest BCUT2D eigenvalue weighted by Gasteiger charge is -2.30. The van der Waals surface area contributed by atoms with Gasteiger partial charge in [0.05, 0.1) is 5.60 Å². The van der Waals surface area contributed by atoms with Crippen molar-refractivity contribution >= 4 is 17.1 Å². The molecule has 1 fully saturated rings. The van der Waals surface area contributed by atoms with Crippen LogP contribution in [0.2, 0.25) is 0 Å². The lowest BCUT2D eigenvalue weighted by molar-refractivity contribution is -0.125. The zero-order chi connectivity index (χ0) is 11.6. The molecule has 0 unspecified atom stereocenters. The Bertz CT molecular complexity index is 371. The fourth-order valence-electron chi connectivity index (χ4n) is 2.20. The topological polar surface area (TPSA) is 37.3 Å². The Morgan fingerprint density at radius 2 is 1.94 bits per heavy atom. The highest BCUT2D eigenvalue weighted by Crippen LogP contribution is 2.31. The van der Waals surface area contributed by atoms with Gasteiger partial charge in [-0.1, -0.05) is 6.92 Å². The molecule has 0 atom stereocenters. The number of Topliss-reactive ketones (excluding diaryl/α,β-unsaturated/α-hetero) is 1. The minimum atomic E-state index is -0.635. The monoisotopic (exact) mass is 238 g/mol. The molecule has 1 aliphatic carbocycles. The summed E-state index contributed by atoms with van der Waals surface area (Å²) in [5.41, 5.74) is -0.635. The van der Waals surface area contributed by atoms with Gasteiger partial charge in [0.1, 0.15) is 5.78 Å². The first-order chi connectivity index (χ1) is 7.61. The lowest BCUT2D eigenvalue weighted by atomic mass is 9.81. The standard InChI is InChI=1S/C13H18O2S/c1-2-11-3-4-12(16-11)9-13(15)7-5-10(14)6-8-13/h3-4,15H,2,5-9H2,1H3. The summed E-state index contributed by atoms with van der Waals surface area (Å²) in [6.07, 6.45) is 4.12. The highest BCUT2D eigenvalue weighted by atomic mass is 32.1. The van der Waals surface area contributed by atoms with Crippen molar-refractivity contribution in [2.24, 2.45) is 0 Å². The Hall–Kier alpha value is -0.670. The average Bonchev–Trinajstić information content (AvgIpc) is 2.70. The average molecular weight is 238 g/mol. The molecule has 3 heteroatoms. The van der Waals surface area contributed by atoms with E-state index in [0.29, 0.717) is 37.9 Å². The molecule has 88 valence electrons. The van der Waals surface area contributed by atoms with Crippen LogP contribution in [0.1, 0.15) is 42.4 Å². The SMILES string of the molecule is CCc1ccc(CC2(O)CCC(=O)CC2)s1. The van der Waals surface area contributed by atoms with Crippen LogP contribution in [0.5, 0.6) is 0 Å². The summed E-state index contributed by atoms with van der Waals surface area (Å²) in [6, 6.07) is 4.25. The molecule has 2 rings (SSSR count). The molecule has 2 nitrogen and oxygen atoms in total. The number of hydrogen-bond acceptors (Lipinski definition) is 3. The lowest BCUT2D eigenvalue weighted by Crippen LogP contribution is -2.36. The molecule has 0 bridgehead atoms. The summed E-state index contributed by atoms with van der Waals surface area (Å²) in [6.45, 7) is 2.14. The molecule has 0 saturated heterocycles. The Morgan fingerprint density at radius 3 is 2.50 bits per heavy atom. The van der Waals surface area contributed by atoms with Gasteiger partial charge in [0.25, 0.3) is 0 Å². The Balaban J connectivity index is 2.00. The summed E-state index contributed by atoms with van der Waals surface area (Å²) < 4.78 is 0. The predicted molar refractivity (Wildman–Crippen MR) is 65.8 cm³/mol. The molecule has 0 aromatic carbocycles. The zero-order valence-corrected chi connectivity index (χ0v) is 10.5. The van der Waals surface area contributed by atoms with Crippen molar-refractivity contribution in [1.29, 1.82) is 0 Å². The number of carbonyl (C=O) groups excluding carboxylic acids is 1. The van der Waals surface area contributed by atoms with E-state index in [9.17, 15) is 9.90 Å². The summed E-state index contributed by atoms with van der Waals surface area (Å²) in [4.78, 5) is 13.8. The third-order valence-electron chi connectivity index (χ3n) is 3.31. The van der Waals surface area contributed by atoms with Gasteiger partial charge >= 0.3 is 0 Å². The highest BCUT2D eigenvalue weighted by Gasteiger charge is 2.32. The van der Waals surface area contributed by atoms with Crippen LogP contribution in [0, 0.1) is 0 Å². The second kappa shape index (κ2) is 4.68. The molecule has 1 N–H and O–H groups in total. The fourth-order valence-corrected chi connectivity index (χ4v) is 3.30. The fraction of sp³-hybridized carbons (Fsp3) is 0.615. The van der Waals surface area contributed by atoms with E-state index in [-0.39, 0.29) is 0 Å². The molecule has 1 saturated carbocycles. The van der Waals surface area contributed by atoms with Crippen LogP contribution in [0.3, 0.4) is 0 Å². The molecular weight excluding hydrogens is 220 g/mol. The van der Waals surface area contributed by atoms with E-state index in [2.05, 4.69) is 19.1 Å². The quantitative estimate of drug-likeness (QED) is 0.879. The van der Waals surface area contributed by atoms with Crippen LogP contribution in [0.15, 0.2) is 12.1 Å². The molecule has 1 aromatic rings. The number of carbonyl (C=O) groups is 1. The van der Waals surface area contributed by atoms with Crippen LogP contribution < -0.4 is 0 Å². The molecule has 1 heterocycles. The van der Waals surface area contributed by atoms with Gasteiger partial charge in [0, 0.05) is 29.0 Å². The van der Waals surface area contributed by atoms with Gasteiger partial charge < -0.3 is 5.11 Å². The van der Waals surface area contributed by atoms with E-state index in [1.165, 1.54) is 9.75 Å². The van der Waals surface area contributed by atoms with Crippen molar-refractivity contribution in [2.45, 2.75) is 51.0 Å². The second-order valence-corrected chi connectivity index (χ2v) is 5.91. The predicted octanol–water partition coefficient (Wildman–Crippen LogP) is 2.73.